The molecule has 1 aromatic rings. The van der Waals surface area contributed by atoms with E-state index < -0.39 is 0 Å². The van der Waals surface area contributed by atoms with Crippen LogP contribution in [0.5, 0.6) is 0 Å². The normalized spacial score (nSPS) is 11.3. The molecular formula is C15H20BrFN2. The molecule has 0 fully saturated rings. The Kier molecular flexibility index (Phi) is 6.47. The summed E-state index contributed by atoms with van der Waals surface area (Å²) in [6, 6.07) is 7.01. The topological polar surface area (TPSA) is 35.8 Å². The number of hydrogen-bond acceptors (Lipinski definition) is 2. The van der Waals surface area contributed by atoms with Gasteiger partial charge >= 0.3 is 0 Å². The second-order valence-electron chi connectivity index (χ2n) is 5.37. The Balaban J connectivity index is 2.21. The van der Waals surface area contributed by atoms with Gasteiger partial charge in [-0.25, -0.2) is 4.39 Å². The summed E-state index contributed by atoms with van der Waals surface area (Å²) in [5.41, 5.74) is 0.698. The van der Waals surface area contributed by atoms with Crippen LogP contribution in [0.1, 0.15) is 38.7 Å². The van der Waals surface area contributed by atoms with Crippen LogP contribution in [0.25, 0.3) is 0 Å². The predicted molar refractivity (Wildman–Crippen MR) is 79.1 cm³/mol. The van der Waals surface area contributed by atoms with Gasteiger partial charge in [-0.05, 0) is 57.0 Å². The predicted octanol–water partition coefficient (Wildman–Crippen LogP) is 4.40. The number of benzene rings is 1. The highest BCUT2D eigenvalue weighted by atomic mass is 79.9. The minimum atomic E-state index is -0.231. The first-order chi connectivity index (χ1) is 8.94. The first-order valence-electron chi connectivity index (χ1n) is 6.50. The van der Waals surface area contributed by atoms with Gasteiger partial charge in [-0.3, -0.25) is 0 Å². The highest BCUT2D eigenvalue weighted by molar-refractivity contribution is 9.10. The van der Waals surface area contributed by atoms with E-state index in [1.165, 1.54) is 12.1 Å². The molecule has 0 radical (unpaired) electrons. The van der Waals surface area contributed by atoms with Crippen LogP contribution in [0.2, 0.25) is 0 Å². The van der Waals surface area contributed by atoms with Crippen LogP contribution < -0.4 is 5.32 Å². The van der Waals surface area contributed by atoms with Gasteiger partial charge in [0.2, 0.25) is 0 Å². The van der Waals surface area contributed by atoms with E-state index in [0.29, 0.717) is 6.54 Å². The molecule has 0 aliphatic rings. The molecule has 1 N–H and O–H groups in total. The molecule has 0 saturated heterocycles. The maximum Gasteiger partial charge on any atom is 0.123 e. The Morgan fingerprint density at radius 3 is 2.79 bits per heavy atom. The van der Waals surface area contributed by atoms with E-state index >= 15 is 0 Å². The Labute approximate surface area is 123 Å². The van der Waals surface area contributed by atoms with Crippen LogP contribution in [0.4, 0.5) is 4.39 Å². The average Bonchev–Trinajstić information content (AvgIpc) is 2.37. The minimum Gasteiger partial charge on any atom is -0.313 e. The summed E-state index contributed by atoms with van der Waals surface area (Å²) in [5, 5.41) is 12.2. The summed E-state index contributed by atoms with van der Waals surface area (Å²) in [7, 11) is 0. The van der Waals surface area contributed by atoms with Gasteiger partial charge in [0, 0.05) is 11.0 Å². The molecule has 1 rings (SSSR count). The number of nitriles is 1. The maximum atomic E-state index is 13.1. The van der Waals surface area contributed by atoms with Gasteiger partial charge in [0.25, 0.3) is 0 Å². The van der Waals surface area contributed by atoms with Crippen molar-refractivity contribution in [3.63, 3.8) is 0 Å². The molecule has 4 heteroatoms. The Morgan fingerprint density at radius 2 is 2.11 bits per heavy atom. The fourth-order valence-corrected chi connectivity index (χ4v) is 2.16. The summed E-state index contributed by atoms with van der Waals surface area (Å²) < 4.78 is 14.0. The number of nitrogens with one attached hydrogen (secondary N) is 1. The smallest absolute Gasteiger partial charge is 0.123 e. The Bertz CT molecular complexity index is 452. The third kappa shape index (κ3) is 6.17. The summed E-state index contributed by atoms with van der Waals surface area (Å²) in [5.74, 6) is -0.212. The molecule has 0 aromatic heterocycles. The van der Waals surface area contributed by atoms with Crippen LogP contribution in [0.15, 0.2) is 22.7 Å². The lowest BCUT2D eigenvalue weighted by Crippen LogP contribution is -2.16. The van der Waals surface area contributed by atoms with Gasteiger partial charge in [-0.15, -0.1) is 0 Å². The van der Waals surface area contributed by atoms with Crippen molar-refractivity contribution < 1.29 is 4.39 Å². The van der Waals surface area contributed by atoms with E-state index in [1.807, 2.05) is 13.8 Å². The molecular weight excluding hydrogens is 307 g/mol. The summed E-state index contributed by atoms with van der Waals surface area (Å²) in [6.45, 7) is 5.46. The molecule has 0 bridgehead atoms. The van der Waals surface area contributed by atoms with E-state index in [2.05, 4.69) is 27.3 Å². The monoisotopic (exact) mass is 326 g/mol. The average molecular weight is 327 g/mol. The van der Waals surface area contributed by atoms with Crippen LogP contribution in [-0.4, -0.2) is 6.54 Å². The third-order valence-electron chi connectivity index (χ3n) is 3.03. The molecule has 19 heavy (non-hydrogen) atoms. The van der Waals surface area contributed by atoms with Crippen molar-refractivity contribution >= 4 is 15.9 Å². The van der Waals surface area contributed by atoms with E-state index in [-0.39, 0.29) is 11.2 Å². The second-order valence-corrected chi connectivity index (χ2v) is 6.22. The second kappa shape index (κ2) is 7.62. The maximum absolute atomic E-state index is 13.1. The van der Waals surface area contributed by atoms with Gasteiger partial charge in [0.1, 0.15) is 5.82 Å². The van der Waals surface area contributed by atoms with Crippen LogP contribution >= 0.6 is 15.9 Å². The zero-order valence-corrected chi connectivity index (χ0v) is 13.1. The minimum absolute atomic E-state index is 0.212. The number of nitrogens with zero attached hydrogens (tertiary/aromatic N) is 1. The highest BCUT2D eigenvalue weighted by Crippen LogP contribution is 2.21. The van der Waals surface area contributed by atoms with Gasteiger partial charge in [0.15, 0.2) is 0 Å². The fourth-order valence-electron chi connectivity index (χ4n) is 1.77. The zero-order valence-electron chi connectivity index (χ0n) is 11.5. The molecule has 0 amide bonds. The molecule has 104 valence electrons. The first-order valence-corrected chi connectivity index (χ1v) is 7.30. The number of halogens is 2. The van der Waals surface area contributed by atoms with Crippen molar-refractivity contribution in [1.29, 1.82) is 5.26 Å². The van der Waals surface area contributed by atoms with Gasteiger partial charge in [0.05, 0.1) is 11.5 Å². The largest absolute Gasteiger partial charge is 0.313 e. The molecule has 0 spiro atoms. The molecule has 0 saturated carbocycles. The Hall–Kier alpha value is -0.920. The molecule has 0 heterocycles. The third-order valence-corrected chi connectivity index (χ3v) is 3.80. The van der Waals surface area contributed by atoms with E-state index in [0.717, 1.165) is 35.8 Å². The molecule has 0 aliphatic heterocycles. The van der Waals surface area contributed by atoms with Crippen molar-refractivity contribution in [3.8, 4) is 6.07 Å². The lowest BCUT2D eigenvalue weighted by molar-refractivity contribution is 0.422. The van der Waals surface area contributed by atoms with Crippen molar-refractivity contribution in [2.24, 2.45) is 5.41 Å². The molecule has 1 aromatic carbocycles. The number of rotatable bonds is 7. The lowest BCUT2D eigenvalue weighted by Gasteiger charge is -2.14. The van der Waals surface area contributed by atoms with Crippen LogP contribution in [0, 0.1) is 22.6 Å². The number of unbranched alkanes of at least 4 members (excludes halogenated alkanes) is 1. The quantitative estimate of drug-likeness (QED) is 0.754. The van der Waals surface area contributed by atoms with Gasteiger partial charge in [-0.2, -0.15) is 5.26 Å². The van der Waals surface area contributed by atoms with Gasteiger partial charge < -0.3 is 5.32 Å². The highest BCUT2D eigenvalue weighted by Gasteiger charge is 2.15. The first kappa shape index (κ1) is 16.1. The molecule has 2 nitrogen and oxygen atoms in total. The zero-order chi connectivity index (χ0) is 14.3. The Morgan fingerprint density at radius 1 is 1.37 bits per heavy atom. The van der Waals surface area contributed by atoms with Crippen LogP contribution in [0.3, 0.4) is 0 Å². The standard InChI is InChI=1S/C15H20BrFN2/c1-15(2,11-18)7-3-4-8-19-10-12-9-13(17)5-6-14(12)16/h5-6,9,19H,3-4,7-8,10H2,1-2H3. The lowest BCUT2D eigenvalue weighted by atomic mass is 9.89. The van der Waals surface area contributed by atoms with E-state index in [9.17, 15) is 4.39 Å². The summed E-state index contributed by atoms with van der Waals surface area (Å²) in [4.78, 5) is 0. The molecule has 0 unspecified atom stereocenters. The van der Waals surface area contributed by atoms with Crippen molar-refractivity contribution in [2.45, 2.75) is 39.7 Å². The summed E-state index contributed by atoms with van der Waals surface area (Å²) >= 11 is 3.41. The van der Waals surface area contributed by atoms with E-state index in [1.54, 1.807) is 6.07 Å². The summed E-state index contributed by atoms with van der Waals surface area (Å²) in [6.07, 6.45) is 2.96. The molecule has 0 aliphatic carbocycles. The van der Waals surface area contributed by atoms with E-state index in [4.69, 9.17) is 5.26 Å². The van der Waals surface area contributed by atoms with Gasteiger partial charge in [-0.1, -0.05) is 22.4 Å². The van der Waals surface area contributed by atoms with Crippen molar-refractivity contribution in [1.82, 2.24) is 5.32 Å². The van der Waals surface area contributed by atoms with Crippen LogP contribution in [-0.2, 0) is 6.54 Å². The SMILES string of the molecule is CC(C)(C#N)CCCCNCc1cc(F)ccc1Br. The fraction of sp³-hybridized carbons (Fsp3) is 0.533. The van der Waals surface area contributed by atoms with Crippen molar-refractivity contribution in [3.05, 3.63) is 34.1 Å². The van der Waals surface area contributed by atoms with Crippen molar-refractivity contribution in [2.75, 3.05) is 6.54 Å². The number of hydrogen-bond donors (Lipinski definition) is 1. The molecule has 0 atom stereocenters.